The largest absolute Gasteiger partial charge is 0.354 e. The van der Waals surface area contributed by atoms with Gasteiger partial charge in [0, 0.05) is 13.1 Å². The second-order valence-electron chi connectivity index (χ2n) is 9.03. The lowest BCUT2D eigenvalue weighted by Crippen LogP contribution is -2.54. The van der Waals surface area contributed by atoms with E-state index in [1.165, 1.54) is 4.90 Å². The summed E-state index contributed by atoms with van der Waals surface area (Å²) in [5, 5.41) is 3.00. The van der Waals surface area contributed by atoms with Gasteiger partial charge in [0.25, 0.3) is 0 Å². The number of carbonyl (C=O) groups excluding carboxylic acids is 2. The molecule has 2 amide bonds. The van der Waals surface area contributed by atoms with Gasteiger partial charge in [0.15, 0.2) is 0 Å². The highest BCUT2D eigenvalue weighted by Gasteiger charge is 2.38. The zero-order chi connectivity index (χ0) is 23.8. The highest BCUT2D eigenvalue weighted by atomic mass is 32.2. The fourth-order valence-electron chi connectivity index (χ4n) is 4.70. The molecule has 10 heteroatoms. The van der Waals surface area contributed by atoms with E-state index in [0.717, 1.165) is 50.6 Å². The Balaban J connectivity index is 1.57. The Hall–Kier alpha value is -2.01. The van der Waals surface area contributed by atoms with Crippen LogP contribution in [-0.4, -0.2) is 74.6 Å². The van der Waals surface area contributed by atoms with Gasteiger partial charge in [-0.15, -0.1) is 0 Å². The van der Waals surface area contributed by atoms with Crippen LogP contribution in [0.5, 0.6) is 0 Å². The van der Waals surface area contributed by atoms with E-state index in [9.17, 15) is 18.0 Å². The Morgan fingerprint density at radius 1 is 1.15 bits per heavy atom. The smallest absolute Gasteiger partial charge is 0.242 e. The molecule has 1 radical (unpaired) electrons. The van der Waals surface area contributed by atoms with Crippen LogP contribution >= 0.6 is 0 Å². The van der Waals surface area contributed by atoms with Crippen LogP contribution in [0, 0.1) is 12.6 Å². The summed E-state index contributed by atoms with van der Waals surface area (Å²) in [6, 6.07) is 7.77. The van der Waals surface area contributed by atoms with E-state index in [2.05, 4.69) is 14.9 Å². The van der Waals surface area contributed by atoms with Crippen LogP contribution in [0.3, 0.4) is 0 Å². The lowest BCUT2D eigenvalue weighted by atomic mass is 9.94. The van der Waals surface area contributed by atoms with E-state index in [0.29, 0.717) is 25.4 Å². The molecule has 1 aromatic rings. The molecule has 3 rings (SSSR count). The van der Waals surface area contributed by atoms with Gasteiger partial charge >= 0.3 is 0 Å². The maximum Gasteiger partial charge on any atom is 0.242 e. The molecule has 0 spiro atoms. The molecule has 0 aromatic heterocycles. The number of nitrogens with zero attached hydrogens (tertiary/aromatic N) is 2. The van der Waals surface area contributed by atoms with Crippen molar-refractivity contribution < 1.29 is 18.0 Å². The molecule has 183 valence electrons. The Labute approximate surface area is 197 Å². The van der Waals surface area contributed by atoms with E-state index < -0.39 is 22.1 Å². The van der Waals surface area contributed by atoms with Crippen molar-refractivity contribution >= 4 is 21.8 Å². The predicted molar refractivity (Wildman–Crippen MR) is 127 cm³/mol. The SMILES string of the molecule is CS(=O)(=O)N[C@H](Cc1ccccc1)C(=O)N1CCC[C@H]1C(=O)NCCC1CCN([CH]N)CC1. The highest BCUT2D eigenvalue weighted by Crippen LogP contribution is 2.22. The lowest BCUT2D eigenvalue weighted by molar-refractivity contribution is -0.139. The molecule has 33 heavy (non-hydrogen) atoms. The number of piperidine rings is 1. The lowest BCUT2D eigenvalue weighted by Gasteiger charge is -2.31. The average Bonchev–Trinajstić information content (AvgIpc) is 3.28. The number of likely N-dealkylation sites (tertiary alicyclic amines) is 2. The van der Waals surface area contributed by atoms with Crippen molar-refractivity contribution in [1.82, 2.24) is 19.8 Å². The summed E-state index contributed by atoms with van der Waals surface area (Å²) >= 11 is 0. The third-order valence-electron chi connectivity index (χ3n) is 6.49. The first kappa shape index (κ1) is 25.6. The van der Waals surface area contributed by atoms with Crippen molar-refractivity contribution in [1.29, 1.82) is 0 Å². The zero-order valence-corrected chi connectivity index (χ0v) is 20.1. The molecular formula is C23H36N5O4S. The first-order valence-corrected chi connectivity index (χ1v) is 13.5. The Morgan fingerprint density at radius 3 is 2.48 bits per heavy atom. The number of nitrogens with one attached hydrogen (secondary N) is 2. The number of amides is 2. The number of benzene rings is 1. The average molecular weight is 479 g/mol. The van der Waals surface area contributed by atoms with Crippen LogP contribution < -0.4 is 15.8 Å². The topological polar surface area (TPSA) is 125 Å². The first-order valence-electron chi connectivity index (χ1n) is 11.7. The van der Waals surface area contributed by atoms with Crippen LogP contribution in [0.4, 0.5) is 0 Å². The fourth-order valence-corrected chi connectivity index (χ4v) is 5.40. The summed E-state index contributed by atoms with van der Waals surface area (Å²) in [7, 11) is -3.60. The van der Waals surface area contributed by atoms with Gasteiger partial charge in [0.2, 0.25) is 21.8 Å². The number of rotatable bonds is 10. The van der Waals surface area contributed by atoms with Crippen LogP contribution in [0.15, 0.2) is 30.3 Å². The quantitative estimate of drug-likeness (QED) is 0.448. The minimum Gasteiger partial charge on any atom is -0.354 e. The Kier molecular flexibility index (Phi) is 9.25. The van der Waals surface area contributed by atoms with Crippen LogP contribution in [0.25, 0.3) is 0 Å². The molecule has 2 heterocycles. The van der Waals surface area contributed by atoms with Crippen molar-refractivity contribution in [2.75, 3.05) is 32.4 Å². The van der Waals surface area contributed by atoms with Crippen molar-refractivity contribution in [2.24, 2.45) is 11.7 Å². The number of carbonyl (C=O) groups is 2. The van der Waals surface area contributed by atoms with Crippen molar-refractivity contribution in [3.05, 3.63) is 42.6 Å². The minimum absolute atomic E-state index is 0.161. The van der Waals surface area contributed by atoms with Gasteiger partial charge in [-0.25, -0.2) is 13.1 Å². The summed E-state index contributed by atoms with van der Waals surface area (Å²) in [6.07, 6.45) is 5.58. The normalized spacial score (nSPS) is 21.2. The van der Waals surface area contributed by atoms with Crippen LogP contribution in [0.1, 0.15) is 37.7 Å². The maximum absolute atomic E-state index is 13.3. The number of hydrogen-bond donors (Lipinski definition) is 3. The summed E-state index contributed by atoms with van der Waals surface area (Å²) in [5.41, 5.74) is 6.42. The van der Waals surface area contributed by atoms with E-state index in [4.69, 9.17) is 5.73 Å². The zero-order valence-electron chi connectivity index (χ0n) is 19.3. The Bertz CT molecular complexity index is 887. The highest BCUT2D eigenvalue weighted by molar-refractivity contribution is 7.88. The van der Waals surface area contributed by atoms with E-state index >= 15 is 0 Å². The standard InChI is InChI=1S/C23H36N5O4S/c1-33(31,32)26-20(16-19-6-3-2-4-7-19)23(30)28-13-5-8-21(28)22(29)25-12-9-18-10-14-27(17-24)15-11-18/h2-4,6-7,17-18,20-21,26H,5,8-16,24H2,1H3,(H,25,29)/t20-,21+/m1/s1. The molecule has 0 saturated carbocycles. The number of nitrogens with two attached hydrogens (primary N) is 1. The minimum atomic E-state index is -3.60. The molecule has 4 N–H and O–H groups in total. The predicted octanol–water partition coefficient (Wildman–Crippen LogP) is 0.434. The first-order chi connectivity index (χ1) is 15.8. The molecule has 2 aliphatic rings. The second-order valence-corrected chi connectivity index (χ2v) is 10.8. The third-order valence-corrected chi connectivity index (χ3v) is 7.20. The van der Waals surface area contributed by atoms with Gasteiger partial charge in [0.05, 0.1) is 12.9 Å². The molecular weight excluding hydrogens is 442 g/mol. The van der Waals surface area contributed by atoms with Crippen LogP contribution in [0.2, 0.25) is 0 Å². The summed E-state index contributed by atoms with van der Waals surface area (Å²) < 4.78 is 26.3. The van der Waals surface area contributed by atoms with Gasteiger partial charge in [-0.05, 0) is 63.1 Å². The van der Waals surface area contributed by atoms with E-state index in [-0.39, 0.29) is 18.2 Å². The molecule has 0 aliphatic carbocycles. The second kappa shape index (κ2) is 11.9. The molecule has 2 atom stereocenters. The Morgan fingerprint density at radius 2 is 1.85 bits per heavy atom. The van der Waals surface area contributed by atoms with Gasteiger partial charge in [0.1, 0.15) is 12.1 Å². The monoisotopic (exact) mass is 478 g/mol. The van der Waals surface area contributed by atoms with Crippen molar-refractivity contribution in [3.8, 4) is 0 Å². The third kappa shape index (κ3) is 7.77. The molecule has 0 bridgehead atoms. The summed E-state index contributed by atoms with van der Waals surface area (Å²) in [6.45, 7) is 4.53. The maximum atomic E-state index is 13.3. The van der Waals surface area contributed by atoms with Crippen molar-refractivity contribution in [2.45, 2.75) is 50.6 Å². The summed E-state index contributed by atoms with van der Waals surface area (Å²) in [5.74, 6) is 0.0377. The van der Waals surface area contributed by atoms with Gasteiger partial charge < -0.3 is 16.0 Å². The van der Waals surface area contributed by atoms with E-state index in [1.807, 2.05) is 30.3 Å². The van der Waals surface area contributed by atoms with Gasteiger partial charge in [-0.2, -0.15) is 0 Å². The molecule has 2 fully saturated rings. The number of sulfonamides is 1. The molecule has 9 nitrogen and oxygen atoms in total. The van der Waals surface area contributed by atoms with Crippen LogP contribution in [-0.2, 0) is 26.0 Å². The van der Waals surface area contributed by atoms with Crippen molar-refractivity contribution in [3.63, 3.8) is 0 Å². The number of hydrogen-bond acceptors (Lipinski definition) is 6. The van der Waals surface area contributed by atoms with Gasteiger partial charge in [-0.3, -0.25) is 14.5 Å². The van der Waals surface area contributed by atoms with E-state index in [1.54, 1.807) is 6.67 Å². The molecule has 2 saturated heterocycles. The molecule has 1 aromatic carbocycles. The molecule has 2 aliphatic heterocycles. The molecule has 0 unspecified atom stereocenters. The van der Waals surface area contributed by atoms with Gasteiger partial charge in [-0.1, -0.05) is 30.3 Å². The summed E-state index contributed by atoms with van der Waals surface area (Å²) in [4.78, 5) is 29.9. The fraction of sp³-hybridized carbons (Fsp3) is 0.609.